The summed E-state index contributed by atoms with van der Waals surface area (Å²) in [7, 11) is 0. The summed E-state index contributed by atoms with van der Waals surface area (Å²) in [4.78, 5) is 12.1. The average Bonchev–Trinajstić information content (AvgIpc) is 3.10. The lowest BCUT2D eigenvalue weighted by atomic mass is 10.2. The zero-order chi connectivity index (χ0) is 17.6. The maximum atomic E-state index is 12.8. The molecule has 0 aliphatic carbocycles. The van der Waals surface area contributed by atoms with Crippen molar-refractivity contribution < 1.29 is 18.3 Å². The van der Waals surface area contributed by atoms with Crippen molar-refractivity contribution in [3.8, 4) is 5.75 Å². The number of benzene rings is 2. The number of hydrogen-bond donors (Lipinski definition) is 1. The highest BCUT2D eigenvalue weighted by Gasteiger charge is 2.09. The predicted octanol–water partition coefficient (Wildman–Crippen LogP) is 3.13. The second kappa shape index (κ2) is 7.57. The predicted molar refractivity (Wildman–Crippen MR) is 86.8 cm³/mol. The number of halogens is 2. The van der Waals surface area contributed by atoms with Crippen LogP contribution in [0.5, 0.6) is 5.75 Å². The van der Waals surface area contributed by atoms with Crippen molar-refractivity contribution in [1.29, 1.82) is 0 Å². The second-order valence-corrected chi connectivity index (χ2v) is 5.28. The molecule has 3 aromatic rings. The van der Waals surface area contributed by atoms with Gasteiger partial charge in [-0.25, -0.2) is 13.5 Å². The number of nitrogens with one attached hydrogen (secondary N) is 1. The Labute approximate surface area is 142 Å². The maximum absolute atomic E-state index is 12.8. The number of hydrogen-bond acceptors (Lipinski definition) is 3. The van der Waals surface area contributed by atoms with Gasteiger partial charge in [0.25, 0.3) is 5.91 Å². The molecular formula is C18H15F2N3O2. The molecule has 0 atom stereocenters. The highest BCUT2D eigenvalue weighted by molar-refractivity contribution is 5.92. The smallest absolute Gasteiger partial charge is 0.272 e. The number of carbonyl (C=O) groups is 1. The van der Waals surface area contributed by atoms with E-state index in [1.807, 2.05) is 0 Å². The van der Waals surface area contributed by atoms with E-state index in [1.165, 1.54) is 41.1 Å². The zero-order valence-corrected chi connectivity index (χ0v) is 13.2. The van der Waals surface area contributed by atoms with Crippen molar-refractivity contribution in [3.05, 3.63) is 83.7 Å². The number of rotatable bonds is 6. The summed E-state index contributed by atoms with van der Waals surface area (Å²) in [6, 6.07) is 13.1. The first kappa shape index (κ1) is 16.6. The molecule has 3 rings (SSSR count). The summed E-state index contributed by atoms with van der Waals surface area (Å²) in [5.74, 6) is -0.509. The van der Waals surface area contributed by atoms with Crippen LogP contribution in [0.2, 0.25) is 0 Å². The van der Waals surface area contributed by atoms with Crippen molar-refractivity contribution >= 4 is 5.91 Å². The molecule has 0 unspecified atom stereocenters. The summed E-state index contributed by atoms with van der Waals surface area (Å²) >= 11 is 0. The summed E-state index contributed by atoms with van der Waals surface area (Å²) < 4.78 is 32.6. The van der Waals surface area contributed by atoms with Crippen LogP contribution in [0.3, 0.4) is 0 Å². The number of amides is 1. The number of carbonyl (C=O) groups excluding carboxylic acids is 1. The first-order chi connectivity index (χ1) is 12.1. The van der Waals surface area contributed by atoms with Crippen LogP contribution in [-0.2, 0) is 13.3 Å². The maximum Gasteiger partial charge on any atom is 0.272 e. The number of ether oxygens (including phenoxy) is 1. The van der Waals surface area contributed by atoms with Crippen LogP contribution in [-0.4, -0.2) is 15.7 Å². The third-order valence-electron chi connectivity index (χ3n) is 3.42. The zero-order valence-electron chi connectivity index (χ0n) is 13.2. The Morgan fingerprint density at radius 3 is 2.32 bits per heavy atom. The Morgan fingerprint density at radius 2 is 1.64 bits per heavy atom. The monoisotopic (exact) mass is 343 g/mol. The van der Waals surface area contributed by atoms with Gasteiger partial charge in [-0.15, -0.1) is 0 Å². The minimum atomic E-state index is -0.343. The summed E-state index contributed by atoms with van der Waals surface area (Å²) in [6.45, 7) is 0.370. The van der Waals surface area contributed by atoms with Gasteiger partial charge in [-0.1, -0.05) is 12.1 Å². The van der Waals surface area contributed by atoms with Gasteiger partial charge in [0.05, 0.1) is 0 Å². The molecule has 1 N–H and O–H groups in total. The highest BCUT2D eigenvalue weighted by Crippen LogP contribution is 2.11. The van der Waals surface area contributed by atoms with E-state index in [9.17, 15) is 13.6 Å². The topological polar surface area (TPSA) is 56.2 Å². The molecule has 128 valence electrons. The van der Waals surface area contributed by atoms with E-state index >= 15 is 0 Å². The van der Waals surface area contributed by atoms with E-state index in [2.05, 4.69) is 10.4 Å². The molecule has 1 aromatic heterocycles. The van der Waals surface area contributed by atoms with Crippen molar-refractivity contribution in [3.63, 3.8) is 0 Å². The molecule has 0 fully saturated rings. The van der Waals surface area contributed by atoms with Gasteiger partial charge in [0.15, 0.2) is 6.73 Å². The van der Waals surface area contributed by atoms with Gasteiger partial charge >= 0.3 is 0 Å². The van der Waals surface area contributed by atoms with E-state index in [0.29, 0.717) is 5.75 Å². The van der Waals surface area contributed by atoms with Crippen LogP contribution in [0.25, 0.3) is 0 Å². The Morgan fingerprint density at radius 1 is 1.00 bits per heavy atom. The fourth-order valence-corrected chi connectivity index (χ4v) is 2.10. The highest BCUT2D eigenvalue weighted by atomic mass is 19.1. The first-order valence-electron chi connectivity index (χ1n) is 7.54. The quantitative estimate of drug-likeness (QED) is 0.748. The van der Waals surface area contributed by atoms with Crippen LogP contribution >= 0.6 is 0 Å². The van der Waals surface area contributed by atoms with E-state index in [4.69, 9.17) is 4.74 Å². The summed E-state index contributed by atoms with van der Waals surface area (Å²) in [5.41, 5.74) is 1.03. The molecule has 0 aliphatic rings. The molecule has 2 aromatic carbocycles. The van der Waals surface area contributed by atoms with E-state index < -0.39 is 0 Å². The lowest BCUT2D eigenvalue weighted by Crippen LogP contribution is -2.23. The van der Waals surface area contributed by atoms with E-state index in [1.54, 1.807) is 24.4 Å². The van der Waals surface area contributed by atoms with Crippen molar-refractivity contribution in [2.24, 2.45) is 0 Å². The normalized spacial score (nSPS) is 10.5. The van der Waals surface area contributed by atoms with Crippen molar-refractivity contribution in [2.45, 2.75) is 13.3 Å². The van der Waals surface area contributed by atoms with Gasteiger partial charge in [0, 0.05) is 12.7 Å². The van der Waals surface area contributed by atoms with Gasteiger partial charge in [0.2, 0.25) is 0 Å². The molecule has 0 aliphatic heterocycles. The summed E-state index contributed by atoms with van der Waals surface area (Å²) in [5, 5.41) is 6.82. The third kappa shape index (κ3) is 4.63. The van der Waals surface area contributed by atoms with Crippen LogP contribution in [0.1, 0.15) is 16.1 Å². The van der Waals surface area contributed by atoms with Crippen molar-refractivity contribution in [2.75, 3.05) is 0 Å². The van der Waals surface area contributed by atoms with Gasteiger partial charge in [-0.05, 0) is 48.0 Å². The third-order valence-corrected chi connectivity index (χ3v) is 3.42. The summed E-state index contributed by atoms with van der Waals surface area (Å²) in [6.07, 6.45) is 1.61. The van der Waals surface area contributed by atoms with Crippen LogP contribution in [0.4, 0.5) is 8.78 Å². The van der Waals surface area contributed by atoms with E-state index in [0.717, 1.165) is 5.56 Å². The molecule has 0 spiro atoms. The fraction of sp³-hybridized carbons (Fsp3) is 0.111. The SMILES string of the molecule is O=C(NCc1ccc(F)cc1)c1ccn(COc2ccc(F)cc2)n1. The Balaban J connectivity index is 1.52. The Hall–Kier alpha value is -3.22. The lowest BCUT2D eigenvalue weighted by molar-refractivity contribution is 0.0944. The molecule has 0 saturated carbocycles. The molecule has 25 heavy (non-hydrogen) atoms. The molecular weight excluding hydrogens is 328 g/mol. The molecule has 1 heterocycles. The van der Waals surface area contributed by atoms with Crippen LogP contribution in [0.15, 0.2) is 60.8 Å². The van der Waals surface area contributed by atoms with Crippen molar-refractivity contribution in [1.82, 2.24) is 15.1 Å². The van der Waals surface area contributed by atoms with Crippen LogP contribution in [0, 0.1) is 11.6 Å². The lowest BCUT2D eigenvalue weighted by Gasteiger charge is -2.06. The Kier molecular flexibility index (Phi) is 5.03. The molecule has 7 heteroatoms. The largest absolute Gasteiger partial charge is 0.471 e. The fourth-order valence-electron chi connectivity index (χ4n) is 2.10. The Bertz CT molecular complexity index is 846. The van der Waals surface area contributed by atoms with Gasteiger partial charge in [0.1, 0.15) is 23.1 Å². The minimum absolute atomic E-state index is 0.0941. The molecule has 0 saturated heterocycles. The second-order valence-electron chi connectivity index (χ2n) is 5.28. The molecule has 1 amide bonds. The van der Waals surface area contributed by atoms with Crippen LogP contribution < -0.4 is 10.1 Å². The van der Waals surface area contributed by atoms with E-state index in [-0.39, 0.29) is 36.5 Å². The average molecular weight is 343 g/mol. The van der Waals surface area contributed by atoms with Gasteiger partial charge in [-0.3, -0.25) is 4.79 Å². The van der Waals surface area contributed by atoms with Gasteiger partial charge in [-0.2, -0.15) is 5.10 Å². The first-order valence-corrected chi connectivity index (χ1v) is 7.54. The number of nitrogens with zero attached hydrogens (tertiary/aromatic N) is 2. The molecule has 5 nitrogen and oxygen atoms in total. The minimum Gasteiger partial charge on any atom is -0.471 e. The molecule has 0 radical (unpaired) electrons. The van der Waals surface area contributed by atoms with Gasteiger partial charge < -0.3 is 10.1 Å². The molecule has 0 bridgehead atoms. The number of aromatic nitrogens is 2. The standard InChI is InChI=1S/C18H15F2N3O2/c19-14-3-1-13(2-4-14)11-21-18(24)17-9-10-23(22-17)12-25-16-7-5-15(20)6-8-16/h1-10H,11-12H2,(H,21,24).